The van der Waals surface area contributed by atoms with Crippen LogP contribution in [0.5, 0.6) is 5.75 Å². The number of amides is 3. The van der Waals surface area contributed by atoms with Crippen molar-refractivity contribution in [2.24, 2.45) is 0 Å². The first-order chi connectivity index (χ1) is 20.1. The van der Waals surface area contributed by atoms with Gasteiger partial charge in [-0.05, 0) is 65.8 Å². The molecule has 0 aliphatic carbocycles. The third kappa shape index (κ3) is 6.80. The second-order valence-electron chi connectivity index (χ2n) is 12.5. The first-order valence-corrected chi connectivity index (χ1v) is 15.1. The maximum atomic E-state index is 14.8. The van der Waals surface area contributed by atoms with Crippen molar-refractivity contribution in [1.29, 1.82) is 0 Å². The fourth-order valence-corrected chi connectivity index (χ4v) is 6.15. The van der Waals surface area contributed by atoms with Crippen molar-refractivity contribution >= 4 is 56.4 Å². The molecule has 1 N–H and O–H groups in total. The van der Waals surface area contributed by atoms with Crippen molar-refractivity contribution in [3.05, 3.63) is 40.7 Å². The number of piperazine rings is 1. The summed E-state index contributed by atoms with van der Waals surface area (Å²) < 4.78 is 32.0. The summed E-state index contributed by atoms with van der Waals surface area (Å²) in [7, 11) is 0. The Balaban J connectivity index is 1.43. The lowest BCUT2D eigenvalue weighted by Gasteiger charge is -2.42. The van der Waals surface area contributed by atoms with E-state index in [0.717, 1.165) is 11.3 Å². The Labute approximate surface area is 258 Å². The van der Waals surface area contributed by atoms with Gasteiger partial charge in [0.15, 0.2) is 5.13 Å². The third-order valence-corrected chi connectivity index (χ3v) is 8.09. The molecule has 3 aromatic rings. The Bertz CT molecular complexity index is 1600. The van der Waals surface area contributed by atoms with E-state index < -0.39 is 29.2 Å². The number of benzene rings is 2. The van der Waals surface area contributed by atoms with Crippen LogP contribution in [0.2, 0.25) is 5.02 Å². The molecule has 1 aromatic heterocycles. The summed E-state index contributed by atoms with van der Waals surface area (Å²) in [6.07, 6.45) is -0.604. The summed E-state index contributed by atoms with van der Waals surface area (Å²) in [6, 6.07) is 5.83. The van der Waals surface area contributed by atoms with Gasteiger partial charge in [-0.1, -0.05) is 22.9 Å². The Hall–Kier alpha value is -3.64. The molecule has 0 radical (unpaired) electrons. The fraction of sp³-hybridized carbons (Fsp3) is 0.467. The van der Waals surface area contributed by atoms with Crippen LogP contribution in [0.3, 0.4) is 0 Å². The predicted octanol–water partition coefficient (Wildman–Crippen LogP) is 6.95. The van der Waals surface area contributed by atoms with Crippen LogP contribution in [-0.2, 0) is 9.47 Å². The van der Waals surface area contributed by atoms with Crippen LogP contribution in [0, 0.1) is 5.82 Å². The van der Waals surface area contributed by atoms with Gasteiger partial charge in [0.2, 0.25) is 0 Å². The molecule has 0 spiro atoms. The van der Waals surface area contributed by atoms with E-state index in [-0.39, 0.29) is 26.8 Å². The summed E-state index contributed by atoms with van der Waals surface area (Å²) in [4.78, 5) is 46.5. The Morgan fingerprint density at radius 3 is 2.49 bits per heavy atom. The zero-order valence-corrected chi connectivity index (χ0v) is 26.5. The number of thiazole rings is 1. The van der Waals surface area contributed by atoms with Gasteiger partial charge >= 0.3 is 12.2 Å². The maximum Gasteiger partial charge on any atom is 0.413 e. The molecule has 5 rings (SSSR count). The lowest BCUT2D eigenvalue weighted by atomic mass is 9.99. The largest absolute Gasteiger partial charge is 0.493 e. The SMILES string of the molecule is CC(C)(C)OC(=O)Nc1nc2c(-c3cc4c(cc3Cl)C(=O)N3CCN(C(=O)OC(C)(C)C)C[C@H]3CCO4)ccc(F)c2s1. The molecule has 0 bridgehead atoms. The van der Waals surface area contributed by atoms with Crippen molar-refractivity contribution in [3.63, 3.8) is 0 Å². The first-order valence-electron chi connectivity index (χ1n) is 13.9. The molecule has 1 saturated heterocycles. The van der Waals surface area contributed by atoms with Gasteiger partial charge in [0.25, 0.3) is 5.91 Å². The van der Waals surface area contributed by atoms with E-state index in [1.165, 1.54) is 6.07 Å². The van der Waals surface area contributed by atoms with Crippen molar-refractivity contribution in [1.82, 2.24) is 14.8 Å². The molecular formula is C30H34ClFN4O6S. The molecule has 2 aliphatic rings. The molecule has 2 aliphatic heterocycles. The molecule has 3 amide bonds. The molecule has 2 aromatic carbocycles. The molecule has 0 saturated carbocycles. The van der Waals surface area contributed by atoms with Gasteiger partial charge in [-0.2, -0.15) is 0 Å². The molecule has 13 heteroatoms. The van der Waals surface area contributed by atoms with Gasteiger partial charge < -0.3 is 24.0 Å². The predicted molar refractivity (Wildman–Crippen MR) is 163 cm³/mol. The summed E-state index contributed by atoms with van der Waals surface area (Å²) in [5.74, 6) is -0.408. The van der Waals surface area contributed by atoms with Crippen LogP contribution in [0.15, 0.2) is 24.3 Å². The Morgan fingerprint density at radius 2 is 1.79 bits per heavy atom. The van der Waals surface area contributed by atoms with Crippen LogP contribution in [0.25, 0.3) is 21.3 Å². The highest BCUT2D eigenvalue weighted by molar-refractivity contribution is 7.22. The van der Waals surface area contributed by atoms with Crippen LogP contribution in [0.1, 0.15) is 58.3 Å². The fourth-order valence-electron chi connectivity index (χ4n) is 5.01. The van der Waals surface area contributed by atoms with Crippen molar-refractivity contribution < 1.29 is 33.0 Å². The van der Waals surface area contributed by atoms with E-state index in [2.05, 4.69) is 10.3 Å². The molecule has 0 unspecified atom stereocenters. The average molecular weight is 633 g/mol. The number of ether oxygens (including phenoxy) is 3. The molecule has 230 valence electrons. The monoisotopic (exact) mass is 632 g/mol. The topological polar surface area (TPSA) is 110 Å². The number of nitrogens with one attached hydrogen (secondary N) is 1. The number of rotatable bonds is 2. The summed E-state index contributed by atoms with van der Waals surface area (Å²) in [5, 5.41) is 2.99. The lowest BCUT2D eigenvalue weighted by molar-refractivity contribution is 0.00109. The molecule has 1 fully saturated rings. The highest BCUT2D eigenvalue weighted by Gasteiger charge is 2.37. The number of halogens is 2. The van der Waals surface area contributed by atoms with Crippen LogP contribution < -0.4 is 10.1 Å². The maximum absolute atomic E-state index is 14.8. The number of fused-ring (bicyclic) bond motifs is 3. The lowest BCUT2D eigenvalue weighted by Crippen LogP contribution is -2.58. The van der Waals surface area contributed by atoms with E-state index in [1.807, 2.05) is 20.8 Å². The third-order valence-electron chi connectivity index (χ3n) is 6.80. The molecular weight excluding hydrogens is 599 g/mol. The number of hydrogen-bond donors (Lipinski definition) is 1. The number of hydrogen-bond acceptors (Lipinski definition) is 8. The number of anilines is 1. The minimum absolute atomic E-state index is 0.168. The Kier molecular flexibility index (Phi) is 8.21. The number of nitrogens with zero attached hydrogens (tertiary/aromatic N) is 3. The van der Waals surface area contributed by atoms with Crippen LogP contribution in [-0.4, -0.2) is 76.4 Å². The van der Waals surface area contributed by atoms with Gasteiger partial charge in [0.1, 0.15) is 22.8 Å². The van der Waals surface area contributed by atoms with E-state index in [0.29, 0.717) is 60.6 Å². The number of carbonyl (C=O) groups excluding carboxylic acids is 3. The highest BCUT2D eigenvalue weighted by atomic mass is 35.5. The normalized spacial score (nSPS) is 17.4. The van der Waals surface area contributed by atoms with Crippen LogP contribution >= 0.6 is 22.9 Å². The van der Waals surface area contributed by atoms with Crippen molar-refractivity contribution in [2.75, 3.05) is 31.6 Å². The second-order valence-corrected chi connectivity index (χ2v) is 13.9. The summed E-state index contributed by atoms with van der Waals surface area (Å²) in [6.45, 7) is 12.0. The van der Waals surface area contributed by atoms with Gasteiger partial charge in [0.05, 0.1) is 28.4 Å². The van der Waals surface area contributed by atoms with Crippen molar-refractivity contribution in [2.45, 2.75) is 65.2 Å². The van der Waals surface area contributed by atoms with Gasteiger partial charge in [-0.3, -0.25) is 10.1 Å². The Morgan fingerprint density at radius 1 is 1.07 bits per heavy atom. The molecule has 43 heavy (non-hydrogen) atoms. The van der Waals surface area contributed by atoms with E-state index in [1.54, 1.807) is 48.8 Å². The van der Waals surface area contributed by atoms with E-state index in [9.17, 15) is 18.8 Å². The number of aromatic nitrogens is 1. The van der Waals surface area contributed by atoms with E-state index >= 15 is 0 Å². The van der Waals surface area contributed by atoms with Crippen LogP contribution in [0.4, 0.5) is 19.1 Å². The smallest absolute Gasteiger partial charge is 0.413 e. The van der Waals surface area contributed by atoms with Gasteiger partial charge in [-0.15, -0.1) is 0 Å². The van der Waals surface area contributed by atoms with Gasteiger partial charge in [-0.25, -0.2) is 19.0 Å². The highest BCUT2D eigenvalue weighted by Crippen LogP contribution is 2.41. The summed E-state index contributed by atoms with van der Waals surface area (Å²) in [5.41, 5.74) is 0.279. The zero-order chi connectivity index (χ0) is 31.3. The second kappa shape index (κ2) is 11.5. The first kappa shape index (κ1) is 30.8. The standard InChI is InChI=1S/C30H34ClFN4O6S/c1-29(2,3)41-27(38)34-26-33-23-17(7-8-21(32)24(23)43-26)18-14-22-19(13-20(18)31)25(37)36-11-10-35(15-16(36)9-12-40-22)28(39)42-30(4,5)6/h7-8,13-14,16H,9-12,15H2,1-6H3,(H,33,34,38)/t16-/m1/s1. The van der Waals surface area contributed by atoms with Crippen molar-refractivity contribution in [3.8, 4) is 16.9 Å². The number of carbonyl (C=O) groups is 3. The average Bonchev–Trinajstić information content (AvgIpc) is 3.31. The minimum atomic E-state index is -0.714. The minimum Gasteiger partial charge on any atom is -0.493 e. The molecule has 1 atom stereocenters. The molecule has 10 nitrogen and oxygen atoms in total. The van der Waals surface area contributed by atoms with E-state index in [4.69, 9.17) is 25.8 Å². The summed E-state index contributed by atoms with van der Waals surface area (Å²) >= 11 is 7.73. The van der Waals surface area contributed by atoms with Gasteiger partial charge in [0, 0.05) is 42.2 Å². The molecule has 3 heterocycles. The zero-order valence-electron chi connectivity index (χ0n) is 24.9. The quantitative estimate of drug-likeness (QED) is 0.326.